The molecule has 2 saturated heterocycles. The third-order valence-corrected chi connectivity index (χ3v) is 5.72. The summed E-state index contributed by atoms with van der Waals surface area (Å²) in [5.41, 5.74) is 1.70. The first-order valence-electron chi connectivity index (χ1n) is 7.55. The Morgan fingerprint density at radius 3 is 2.95 bits per heavy atom. The van der Waals surface area contributed by atoms with E-state index in [0.717, 1.165) is 32.8 Å². The van der Waals surface area contributed by atoms with Gasteiger partial charge >= 0.3 is 0 Å². The van der Waals surface area contributed by atoms with Crippen molar-refractivity contribution in [2.24, 2.45) is 11.3 Å². The summed E-state index contributed by atoms with van der Waals surface area (Å²) in [6.07, 6.45) is 2.57. The van der Waals surface area contributed by atoms with E-state index in [1.807, 2.05) is 7.11 Å². The Morgan fingerprint density at radius 1 is 1.50 bits per heavy atom. The number of hydrogen-bond acceptors (Lipinski definition) is 5. The van der Waals surface area contributed by atoms with Crippen molar-refractivity contribution in [3.63, 3.8) is 0 Å². The van der Waals surface area contributed by atoms with E-state index in [4.69, 9.17) is 4.74 Å². The molecule has 3 rings (SSSR count). The molecule has 5 heteroatoms. The lowest BCUT2D eigenvalue weighted by molar-refractivity contribution is 0.0716. The molecule has 1 N–H and O–H groups in total. The van der Waals surface area contributed by atoms with Crippen molar-refractivity contribution in [3.05, 3.63) is 16.1 Å². The van der Waals surface area contributed by atoms with E-state index in [2.05, 4.69) is 27.5 Å². The van der Waals surface area contributed by atoms with Gasteiger partial charge in [-0.05, 0) is 38.3 Å². The second-order valence-electron chi connectivity index (χ2n) is 6.29. The van der Waals surface area contributed by atoms with Gasteiger partial charge in [-0.25, -0.2) is 4.98 Å². The number of nitrogens with one attached hydrogen (secondary N) is 1. The number of hydrogen-bond donors (Lipinski definition) is 1. The molecule has 1 aromatic rings. The number of ether oxygens (including phenoxy) is 1. The molecule has 112 valence electrons. The van der Waals surface area contributed by atoms with Crippen molar-refractivity contribution in [2.45, 2.75) is 26.3 Å². The average molecular weight is 295 g/mol. The molecule has 0 amide bonds. The van der Waals surface area contributed by atoms with Gasteiger partial charge < -0.3 is 10.1 Å². The number of piperidine rings is 1. The summed E-state index contributed by atoms with van der Waals surface area (Å²) >= 11 is 1.75. The smallest absolute Gasteiger partial charge is 0.0897 e. The van der Waals surface area contributed by atoms with E-state index < -0.39 is 0 Å². The summed E-state index contributed by atoms with van der Waals surface area (Å²) in [5, 5.41) is 6.87. The zero-order valence-electron chi connectivity index (χ0n) is 12.5. The van der Waals surface area contributed by atoms with Crippen LogP contribution in [0, 0.1) is 18.3 Å². The molecule has 0 aromatic carbocycles. The molecule has 0 saturated carbocycles. The van der Waals surface area contributed by atoms with Crippen LogP contribution in [0.3, 0.4) is 0 Å². The van der Waals surface area contributed by atoms with Crippen LogP contribution in [0.4, 0.5) is 0 Å². The predicted octanol–water partition coefficient (Wildman–Crippen LogP) is 1.90. The van der Waals surface area contributed by atoms with Gasteiger partial charge in [0.15, 0.2) is 0 Å². The Kier molecular flexibility index (Phi) is 4.40. The van der Waals surface area contributed by atoms with E-state index in [1.165, 1.54) is 30.1 Å². The first kappa shape index (κ1) is 14.4. The number of aromatic nitrogens is 1. The topological polar surface area (TPSA) is 37.4 Å². The van der Waals surface area contributed by atoms with Gasteiger partial charge in [-0.15, -0.1) is 11.3 Å². The summed E-state index contributed by atoms with van der Waals surface area (Å²) in [7, 11) is 1.83. The summed E-state index contributed by atoms with van der Waals surface area (Å²) in [6.45, 7) is 8.66. The molecule has 4 nitrogen and oxygen atoms in total. The normalized spacial score (nSPS) is 26.4. The second-order valence-corrected chi connectivity index (χ2v) is 7.35. The molecule has 1 unspecified atom stereocenters. The van der Waals surface area contributed by atoms with Gasteiger partial charge in [-0.1, -0.05) is 0 Å². The number of methoxy groups -OCH3 is 1. The van der Waals surface area contributed by atoms with Crippen LogP contribution >= 0.6 is 11.3 Å². The number of rotatable bonds is 4. The molecule has 1 aromatic heterocycles. The van der Waals surface area contributed by atoms with Gasteiger partial charge in [-0.2, -0.15) is 0 Å². The largest absolute Gasteiger partial charge is 0.384 e. The van der Waals surface area contributed by atoms with Gasteiger partial charge in [0, 0.05) is 38.0 Å². The van der Waals surface area contributed by atoms with Crippen LogP contribution in [-0.4, -0.2) is 49.8 Å². The van der Waals surface area contributed by atoms with E-state index in [9.17, 15) is 0 Å². The summed E-state index contributed by atoms with van der Waals surface area (Å²) in [6, 6.07) is 0. The third kappa shape index (κ3) is 2.91. The Bertz CT molecular complexity index is 442. The first-order valence-corrected chi connectivity index (χ1v) is 8.43. The number of aryl methyl sites for hydroxylation is 1. The SMILES string of the molecule is COCC1CN(Cc2csc(C)n2)CC12CCNCC2. The molecule has 2 aliphatic rings. The van der Waals surface area contributed by atoms with Crippen LogP contribution in [0.15, 0.2) is 5.38 Å². The maximum absolute atomic E-state index is 5.50. The van der Waals surface area contributed by atoms with Gasteiger partial charge in [0.05, 0.1) is 17.3 Å². The number of thiazole rings is 1. The highest BCUT2D eigenvalue weighted by Crippen LogP contribution is 2.43. The minimum atomic E-state index is 0.465. The van der Waals surface area contributed by atoms with Crippen molar-refractivity contribution < 1.29 is 4.74 Å². The van der Waals surface area contributed by atoms with Crippen molar-refractivity contribution >= 4 is 11.3 Å². The van der Waals surface area contributed by atoms with Crippen LogP contribution in [0.1, 0.15) is 23.5 Å². The summed E-state index contributed by atoms with van der Waals surface area (Å²) < 4.78 is 5.50. The second kappa shape index (κ2) is 6.10. The fourth-order valence-electron chi connectivity index (χ4n) is 3.90. The molecule has 0 radical (unpaired) electrons. The first-order chi connectivity index (χ1) is 9.72. The maximum atomic E-state index is 5.50. The zero-order chi connectivity index (χ0) is 14.0. The molecule has 0 bridgehead atoms. The Hall–Kier alpha value is -0.490. The molecule has 2 aliphatic heterocycles. The highest BCUT2D eigenvalue weighted by molar-refractivity contribution is 7.09. The molecule has 3 heterocycles. The van der Waals surface area contributed by atoms with E-state index in [1.54, 1.807) is 11.3 Å². The lowest BCUT2D eigenvalue weighted by Gasteiger charge is -2.38. The minimum Gasteiger partial charge on any atom is -0.384 e. The standard InChI is InChI=1S/C15H25N3OS/c1-12-17-14(10-20-12)8-18-7-13(9-19-2)15(11-18)3-5-16-6-4-15/h10,13,16H,3-9,11H2,1-2H3. The van der Waals surface area contributed by atoms with Crippen molar-refractivity contribution in [3.8, 4) is 0 Å². The molecule has 0 aliphatic carbocycles. The van der Waals surface area contributed by atoms with Gasteiger partial charge in [-0.3, -0.25) is 4.90 Å². The summed E-state index contributed by atoms with van der Waals surface area (Å²) in [5.74, 6) is 0.675. The molecule has 1 spiro atoms. The minimum absolute atomic E-state index is 0.465. The average Bonchev–Trinajstić information content (AvgIpc) is 2.97. The van der Waals surface area contributed by atoms with Crippen LogP contribution in [0.5, 0.6) is 0 Å². The Morgan fingerprint density at radius 2 is 2.30 bits per heavy atom. The lowest BCUT2D eigenvalue weighted by Crippen LogP contribution is -2.43. The lowest BCUT2D eigenvalue weighted by atomic mass is 9.71. The quantitative estimate of drug-likeness (QED) is 0.920. The van der Waals surface area contributed by atoms with Crippen LogP contribution in [-0.2, 0) is 11.3 Å². The van der Waals surface area contributed by atoms with Crippen molar-refractivity contribution in [2.75, 3.05) is 39.9 Å². The molecular formula is C15H25N3OS. The molecular weight excluding hydrogens is 270 g/mol. The fraction of sp³-hybridized carbons (Fsp3) is 0.800. The number of likely N-dealkylation sites (tertiary alicyclic amines) is 1. The number of nitrogens with zero attached hydrogens (tertiary/aromatic N) is 2. The van der Waals surface area contributed by atoms with Crippen LogP contribution < -0.4 is 5.32 Å². The third-order valence-electron chi connectivity index (χ3n) is 4.90. The Labute approximate surface area is 125 Å². The molecule has 2 fully saturated rings. The van der Waals surface area contributed by atoms with E-state index in [-0.39, 0.29) is 0 Å². The van der Waals surface area contributed by atoms with E-state index in [0.29, 0.717) is 11.3 Å². The molecule has 1 atom stereocenters. The van der Waals surface area contributed by atoms with E-state index >= 15 is 0 Å². The van der Waals surface area contributed by atoms with Crippen LogP contribution in [0.25, 0.3) is 0 Å². The molecule has 20 heavy (non-hydrogen) atoms. The van der Waals surface area contributed by atoms with Gasteiger partial charge in [0.1, 0.15) is 0 Å². The highest BCUT2D eigenvalue weighted by atomic mass is 32.1. The summed E-state index contributed by atoms with van der Waals surface area (Å²) in [4.78, 5) is 7.20. The fourth-order valence-corrected chi connectivity index (χ4v) is 4.50. The van der Waals surface area contributed by atoms with Crippen LogP contribution in [0.2, 0.25) is 0 Å². The predicted molar refractivity (Wildman–Crippen MR) is 82.0 cm³/mol. The van der Waals surface area contributed by atoms with Crippen molar-refractivity contribution in [1.82, 2.24) is 15.2 Å². The van der Waals surface area contributed by atoms with Gasteiger partial charge in [0.25, 0.3) is 0 Å². The van der Waals surface area contributed by atoms with Gasteiger partial charge in [0.2, 0.25) is 0 Å². The maximum Gasteiger partial charge on any atom is 0.0897 e. The zero-order valence-corrected chi connectivity index (χ0v) is 13.3. The highest BCUT2D eigenvalue weighted by Gasteiger charge is 2.46. The van der Waals surface area contributed by atoms with Crippen molar-refractivity contribution in [1.29, 1.82) is 0 Å². The monoisotopic (exact) mass is 295 g/mol. The Balaban J connectivity index is 1.69.